The number of rotatable bonds is 7. The highest BCUT2D eigenvalue weighted by Gasteiger charge is 2.33. The Bertz CT molecular complexity index is 741. The van der Waals surface area contributed by atoms with Crippen LogP contribution in [0, 0.1) is 0 Å². The molecule has 1 aromatic carbocycles. The Balaban J connectivity index is 2.18. The molecule has 1 aromatic rings. The molecular weight excluding hydrogens is 393 g/mol. The van der Waals surface area contributed by atoms with Crippen LogP contribution in [0.2, 0.25) is 0 Å². The number of halogens is 3. The quantitative estimate of drug-likeness (QED) is 0.669. The van der Waals surface area contributed by atoms with Gasteiger partial charge in [0.05, 0.1) is 4.90 Å². The minimum Gasteiger partial charge on any atom is -0.330 e. The van der Waals surface area contributed by atoms with Crippen molar-refractivity contribution < 1.29 is 26.4 Å². The number of amides is 1. The molecule has 0 aliphatic carbocycles. The van der Waals surface area contributed by atoms with E-state index in [0.717, 1.165) is 30.6 Å². The van der Waals surface area contributed by atoms with E-state index in [2.05, 4.69) is 0 Å². The largest absolute Gasteiger partial charge is 0.406 e. The molecule has 1 fully saturated rings. The number of sulfonamides is 1. The Morgan fingerprint density at radius 2 is 1.64 bits per heavy atom. The number of unbranched alkanes of at least 4 members (excludes halogenated alkanes) is 1. The molecule has 2 rings (SSSR count). The average Bonchev–Trinajstić information content (AvgIpc) is 2.94. The number of carbonyl (C=O) groups is 1. The van der Waals surface area contributed by atoms with Gasteiger partial charge in [-0.05, 0) is 43.5 Å². The van der Waals surface area contributed by atoms with Crippen molar-refractivity contribution in [3.05, 3.63) is 29.8 Å². The monoisotopic (exact) mass is 420 g/mol. The van der Waals surface area contributed by atoms with Gasteiger partial charge in [-0.3, -0.25) is 4.79 Å². The Kier molecular flexibility index (Phi) is 7.88. The average molecular weight is 420 g/mol. The van der Waals surface area contributed by atoms with Crippen molar-refractivity contribution in [1.29, 1.82) is 0 Å². The summed E-state index contributed by atoms with van der Waals surface area (Å²) in [5.41, 5.74) is 0.0511. The van der Waals surface area contributed by atoms with Crippen LogP contribution in [0.4, 0.5) is 13.2 Å². The van der Waals surface area contributed by atoms with E-state index in [1.165, 1.54) is 28.6 Å². The minimum absolute atomic E-state index is 0.00265. The van der Waals surface area contributed by atoms with Crippen LogP contribution >= 0.6 is 0 Å². The normalized spacial score (nSPS) is 16.6. The molecule has 1 amide bonds. The molecule has 1 heterocycles. The van der Waals surface area contributed by atoms with Gasteiger partial charge in [-0.25, -0.2) is 8.42 Å². The molecule has 158 valence electrons. The highest BCUT2D eigenvalue weighted by Crippen LogP contribution is 2.22. The van der Waals surface area contributed by atoms with Gasteiger partial charge in [0, 0.05) is 25.2 Å². The standard InChI is InChI=1S/C19H27F3N2O3S/c1-2-3-12-23(15-19(20,21)22)18(25)16-8-10-17(11-9-16)28(26,27)24-13-6-4-5-7-14-24/h8-11H,2-7,12-15H2,1H3. The highest BCUT2D eigenvalue weighted by atomic mass is 32.2. The fraction of sp³-hybridized carbons (Fsp3) is 0.632. The second-order valence-electron chi connectivity index (χ2n) is 7.04. The van der Waals surface area contributed by atoms with Gasteiger partial charge in [-0.1, -0.05) is 26.2 Å². The van der Waals surface area contributed by atoms with E-state index in [-0.39, 0.29) is 17.0 Å². The van der Waals surface area contributed by atoms with Gasteiger partial charge >= 0.3 is 6.18 Å². The van der Waals surface area contributed by atoms with Gasteiger partial charge in [0.15, 0.2) is 0 Å². The fourth-order valence-electron chi connectivity index (χ4n) is 3.20. The predicted octanol–water partition coefficient (Wildman–Crippen LogP) is 4.06. The predicted molar refractivity (Wildman–Crippen MR) is 101 cm³/mol. The fourth-order valence-corrected chi connectivity index (χ4v) is 4.72. The summed E-state index contributed by atoms with van der Waals surface area (Å²) >= 11 is 0. The maximum absolute atomic E-state index is 12.8. The summed E-state index contributed by atoms with van der Waals surface area (Å²) in [7, 11) is -3.66. The number of carbonyl (C=O) groups excluding carboxylic acids is 1. The Labute approximate surface area is 164 Å². The Morgan fingerprint density at radius 3 is 2.14 bits per heavy atom. The molecule has 0 N–H and O–H groups in total. The van der Waals surface area contributed by atoms with Gasteiger partial charge in [0.2, 0.25) is 10.0 Å². The van der Waals surface area contributed by atoms with Crippen LogP contribution in [0.1, 0.15) is 55.8 Å². The van der Waals surface area contributed by atoms with Crippen LogP contribution in [-0.2, 0) is 10.0 Å². The Hall–Kier alpha value is -1.61. The lowest BCUT2D eigenvalue weighted by Gasteiger charge is -2.24. The lowest BCUT2D eigenvalue weighted by atomic mass is 10.2. The van der Waals surface area contributed by atoms with Gasteiger partial charge in [-0.15, -0.1) is 0 Å². The molecule has 0 unspecified atom stereocenters. The van der Waals surface area contributed by atoms with Gasteiger partial charge in [0.25, 0.3) is 5.91 Å². The van der Waals surface area contributed by atoms with E-state index >= 15 is 0 Å². The van der Waals surface area contributed by atoms with Crippen LogP contribution in [0.25, 0.3) is 0 Å². The van der Waals surface area contributed by atoms with Gasteiger partial charge < -0.3 is 4.90 Å². The maximum Gasteiger partial charge on any atom is 0.406 e. The first kappa shape index (κ1) is 22.7. The van der Waals surface area contributed by atoms with Crippen LogP contribution in [-0.4, -0.2) is 55.9 Å². The van der Waals surface area contributed by atoms with Crippen molar-refractivity contribution in [2.24, 2.45) is 0 Å². The van der Waals surface area contributed by atoms with Crippen LogP contribution < -0.4 is 0 Å². The van der Waals surface area contributed by atoms with Crippen molar-refractivity contribution in [3.63, 3.8) is 0 Å². The van der Waals surface area contributed by atoms with Crippen molar-refractivity contribution >= 4 is 15.9 Å². The summed E-state index contributed by atoms with van der Waals surface area (Å²) in [5, 5.41) is 0. The lowest BCUT2D eigenvalue weighted by molar-refractivity contribution is -0.140. The number of hydrogen-bond donors (Lipinski definition) is 0. The molecule has 0 bridgehead atoms. The molecule has 0 saturated carbocycles. The zero-order valence-electron chi connectivity index (χ0n) is 16.0. The van der Waals surface area contributed by atoms with E-state index in [9.17, 15) is 26.4 Å². The number of nitrogens with zero attached hydrogens (tertiary/aromatic N) is 2. The molecule has 0 radical (unpaired) electrons. The third kappa shape index (κ3) is 6.20. The summed E-state index contributed by atoms with van der Waals surface area (Å²) in [4.78, 5) is 13.3. The first-order chi connectivity index (χ1) is 13.1. The number of alkyl halides is 3. The van der Waals surface area contributed by atoms with E-state index < -0.39 is 28.7 Å². The molecule has 1 saturated heterocycles. The molecule has 0 aromatic heterocycles. The molecule has 5 nitrogen and oxygen atoms in total. The third-order valence-corrected chi connectivity index (χ3v) is 6.66. The van der Waals surface area contributed by atoms with Crippen molar-refractivity contribution in [3.8, 4) is 0 Å². The second-order valence-corrected chi connectivity index (χ2v) is 8.98. The van der Waals surface area contributed by atoms with Crippen molar-refractivity contribution in [2.45, 2.75) is 56.5 Å². The first-order valence-electron chi connectivity index (χ1n) is 9.61. The summed E-state index contributed by atoms with van der Waals surface area (Å²) in [6, 6.07) is 5.20. The van der Waals surface area contributed by atoms with Gasteiger partial charge in [0.1, 0.15) is 6.54 Å². The molecule has 0 atom stereocenters. The summed E-state index contributed by atoms with van der Waals surface area (Å²) in [6.45, 7) is 1.43. The molecule has 1 aliphatic heterocycles. The molecule has 28 heavy (non-hydrogen) atoms. The Morgan fingerprint density at radius 1 is 1.07 bits per heavy atom. The van der Waals surface area contributed by atoms with Gasteiger partial charge in [-0.2, -0.15) is 17.5 Å². The topological polar surface area (TPSA) is 57.7 Å². The van der Waals surface area contributed by atoms with Crippen molar-refractivity contribution in [2.75, 3.05) is 26.2 Å². The van der Waals surface area contributed by atoms with E-state index in [1.807, 2.05) is 6.92 Å². The molecule has 9 heteroatoms. The second kappa shape index (κ2) is 9.73. The highest BCUT2D eigenvalue weighted by molar-refractivity contribution is 7.89. The number of benzene rings is 1. The zero-order valence-corrected chi connectivity index (χ0v) is 16.9. The minimum atomic E-state index is -4.49. The van der Waals surface area contributed by atoms with E-state index in [1.54, 1.807) is 0 Å². The molecule has 0 spiro atoms. The zero-order chi connectivity index (χ0) is 20.8. The van der Waals surface area contributed by atoms with Crippen LogP contribution in [0.15, 0.2) is 29.2 Å². The van der Waals surface area contributed by atoms with Crippen molar-refractivity contribution in [1.82, 2.24) is 9.21 Å². The number of hydrogen-bond acceptors (Lipinski definition) is 3. The SMILES string of the molecule is CCCCN(CC(F)(F)F)C(=O)c1ccc(S(=O)(=O)N2CCCCCC2)cc1. The first-order valence-corrected chi connectivity index (χ1v) is 11.1. The van der Waals surface area contributed by atoms with Crippen LogP contribution in [0.3, 0.4) is 0 Å². The molecular formula is C19H27F3N2O3S. The smallest absolute Gasteiger partial charge is 0.330 e. The van der Waals surface area contributed by atoms with E-state index in [0.29, 0.717) is 25.9 Å². The van der Waals surface area contributed by atoms with E-state index in [4.69, 9.17) is 0 Å². The summed E-state index contributed by atoms with van der Waals surface area (Å²) in [6.07, 6.45) is 0.231. The summed E-state index contributed by atoms with van der Waals surface area (Å²) < 4.78 is 65.3. The lowest BCUT2D eigenvalue weighted by Crippen LogP contribution is -2.39. The summed E-state index contributed by atoms with van der Waals surface area (Å²) in [5.74, 6) is -0.746. The molecule has 1 aliphatic rings. The van der Waals surface area contributed by atoms with Crippen LogP contribution in [0.5, 0.6) is 0 Å². The maximum atomic E-state index is 12.8. The third-order valence-electron chi connectivity index (χ3n) is 4.74.